The molecule has 0 saturated carbocycles. The molecular formula is C53H81N7O9. The zero-order valence-corrected chi connectivity index (χ0v) is 43.2. The molecule has 0 bridgehead atoms. The van der Waals surface area contributed by atoms with Crippen molar-refractivity contribution in [3.63, 3.8) is 0 Å². The second-order valence-corrected chi connectivity index (χ2v) is 20.9. The summed E-state index contributed by atoms with van der Waals surface area (Å²) in [5.74, 6) is -3.94. The first-order valence-corrected chi connectivity index (χ1v) is 24.8. The lowest BCUT2D eigenvalue weighted by Crippen LogP contribution is -2.65. The van der Waals surface area contributed by atoms with Gasteiger partial charge < -0.3 is 42.0 Å². The Labute approximate surface area is 410 Å². The minimum atomic E-state index is -1.57. The molecule has 7 amide bonds. The molecule has 1 aliphatic rings. The van der Waals surface area contributed by atoms with Crippen LogP contribution >= 0.6 is 0 Å². The number of hydrogen-bond donors (Lipinski definition) is 7. The quantitative estimate of drug-likeness (QED) is 0.0462. The van der Waals surface area contributed by atoms with Crippen molar-refractivity contribution in [1.82, 2.24) is 37.2 Å². The topological polar surface area (TPSA) is 230 Å². The van der Waals surface area contributed by atoms with Gasteiger partial charge in [-0.3, -0.25) is 33.6 Å². The number of alkyl carbamates (subject to hydrolysis) is 1. The molecule has 2 aromatic carbocycles. The van der Waals surface area contributed by atoms with E-state index < -0.39 is 76.3 Å². The summed E-state index contributed by atoms with van der Waals surface area (Å²) in [7, 11) is 0. The number of carbonyl (C=O) groups is 8. The predicted octanol–water partition coefficient (Wildman–Crippen LogP) is 6.49. The molecule has 16 nitrogen and oxygen atoms in total. The average Bonchev–Trinajstić information content (AvgIpc) is 3.58. The number of carbonyl (C=O) groups excluding carboxylic acids is 8. The Bertz CT molecular complexity index is 2070. The largest absolute Gasteiger partial charge is 0.449 e. The van der Waals surface area contributed by atoms with E-state index in [1.165, 1.54) is 48.5 Å². The van der Waals surface area contributed by atoms with E-state index in [1.807, 2.05) is 76.2 Å². The number of ketones is 1. The molecule has 1 aliphatic carbocycles. The van der Waals surface area contributed by atoms with Crippen LogP contribution in [0.4, 0.5) is 4.79 Å². The summed E-state index contributed by atoms with van der Waals surface area (Å²) in [6.45, 7) is 20.3. The van der Waals surface area contributed by atoms with Crippen molar-refractivity contribution < 1.29 is 43.1 Å². The third kappa shape index (κ3) is 17.9. The third-order valence-electron chi connectivity index (χ3n) is 12.2. The summed E-state index contributed by atoms with van der Waals surface area (Å²) in [5, 5.41) is 19.3. The van der Waals surface area contributed by atoms with E-state index in [0.717, 1.165) is 54.4 Å². The van der Waals surface area contributed by atoms with Gasteiger partial charge in [-0.25, -0.2) is 4.79 Å². The molecule has 3 rings (SSSR count). The van der Waals surface area contributed by atoms with Gasteiger partial charge in [-0.05, 0) is 102 Å². The fourth-order valence-electron chi connectivity index (χ4n) is 8.13. The summed E-state index contributed by atoms with van der Waals surface area (Å²) in [5.41, 5.74) is -0.363. The minimum absolute atomic E-state index is 0.0365. The number of hydrogen-bond acceptors (Lipinski definition) is 9. The molecular weight excluding hydrogens is 879 g/mol. The molecule has 16 heteroatoms. The normalized spacial score (nSPS) is 13.8. The van der Waals surface area contributed by atoms with Gasteiger partial charge in [0.05, 0.1) is 0 Å². The fraction of sp³-hybridized carbons (Fsp3) is 0.623. The van der Waals surface area contributed by atoms with Crippen molar-refractivity contribution in [3.8, 4) is 11.1 Å². The lowest BCUT2D eigenvalue weighted by molar-refractivity contribution is -0.138. The second-order valence-electron chi connectivity index (χ2n) is 20.9. The number of benzene rings is 2. The van der Waals surface area contributed by atoms with Crippen LogP contribution in [0.15, 0.2) is 48.5 Å². The first kappa shape index (κ1) is 57.5. The van der Waals surface area contributed by atoms with Gasteiger partial charge in [0.2, 0.25) is 35.4 Å². The lowest BCUT2D eigenvalue weighted by Gasteiger charge is -2.33. The van der Waals surface area contributed by atoms with Crippen molar-refractivity contribution >= 4 is 47.3 Å². The van der Waals surface area contributed by atoms with Gasteiger partial charge in [0, 0.05) is 18.9 Å². The molecule has 2 aromatic rings. The molecule has 0 unspecified atom stereocenters. The van der Waals surface area contributed by atoms with Crippen LogP contribution in [-0.2, 0) is 38.3 Å². The van der Waals surface area contributed by atoms with Crippen LogP contribution in [-0.4, -0.2) is 95.2 Å². The maximum atomic E-state index is 14.2. The van der Waals surface area contributed by atoms with E-state index >= 15 is 0 Å². The number of nitrogens with one attached hydrogen (secondary N) is 7. The maximum absolute atomic E-state index is 14.2. The summed E-state index contributed by atoms with van der Waals surface area (Å²) in [4.78, 5) is 107. The predicted molar refractivity (Wildman–Crippen MR) is 268 cm³/mol. The number of fused-ring (bicyclic) bond motifs is 3. The molecule has 0 spiro atoms. The summed E-state index contributed by atoms with van der Waals surface area (Å²) < 4.78 is 5.69. The zero-order valence-electron chi connectivity index (χ0n) is 43.2. The Balaban J connectivity index is 1.71. The van der Waals surface area contributed by atoms with Crippen molar-refractivity contribution in [3.05, 3.63) is 59.7 Å². The summed E-state index contributed by atoms with van der Waals surface area (Å²) >= 11 is 0. The van der Waals surface area contributed by atoms with Gasteiger partial charge in [-0.1, -0.05) is 122 Å². The van der Waals surface area contributed by atoms with Gasteiger partial charge in [0.1, 0.15) is 47.1 Å². The highest BCUT2D eigenvalue weighted by atomic mass is 16.5. The molecule has 3 atom stereocenters. The molecule has 0 aliphatic heterocycles. The first-order chi connectivity index (χ1) is 32.3. The Morgan fingerprint density at radius 1 is 0.565 bits per heavy atom. The van der Waals surface area contributed by atoms with Crippen LogP contribution in [0.25, 0.3) is 11.1 Å². The van der Waals surface area contributed by atoms with Crippen LogP contribution in [0.5, 0.6) is 0 Å². The highest BCUT2D eigenvalue weighted by molar-refractivity contribution is 5.99. The van der Waals surface area contributed by atoms with Crippen LogP contribution in [0.3, 0.4) is 0 Å². The molecule has 0 saturated heterocycles. The van der Waals surface area contributed by atoms with E-state index in [-0.39, 0.29) is 56.0 Å². The molecule has 382 valence electrons. The van der Waals surface area contributed by atoms with Crippen LogP contribution in [0, 0.1) is 11.8 Å². The van der Waals surface area contributed by atoms with E-state index in [0.29, 0.717) is 12.8 Å². The fourth-order valence-corrected chi connectivity index (χ4v) is 8.13. The SMILES string of the molecule is CCCCCCCC[C@H](NC(=O)C(C)(C)NC(=O)C(C)(C)NC(=O)OCC1c2ccccc2-c2ccccc21)C(=O)N[C@@H](CC(C)C)C(=O)NC(C)(C)C(=O)N[C@@H](CC(C)C)C(=O)NCCC(C)=O. The number of Topliss-reactive ketones (excluding diaryl/α,β-unsaturated/α-hetero) is 1. The Morgan fingerprint density at radius 2 is 1.04 bits per heavy atom. The van der Waals surface area contributed by atoms with E-state index in [1.54, 1.807) is 0 Å². The lowest BCUT2D eigenvalue weighted by atomic mass is 9.97. The Hall–Kier alpha value is -5.80. The van der Waals surface area contributed by atoms with Crippen molar-refractivity contribution in [1.29, 1.82) is 0 Å². The molecule has 7 N–H and O–H groups in total. The van der Waals surface area contributed by atoms with Gasteiger partial charge in [0.25, 0.3) is 0 Å². The Kier molecular flexibility index (Phi) is 21.9. The van der Waals surface area contributed by atoms with Gasteiger partial charge in [-0.15, -0.1) is 0 Å². The van der Waals surface area contributed by atoms with Crippen molar-refractivity contribution in [2.45, 2.75) is 188 Å². The van der Waals surface area contributed by atoms with Gasteiger partial charge in [0.15, 0.2) is 0 Å². The van der Waals surface area contributed by atoms with Gasteiger partial charge >= 0.3 is 6.09 Å². The van der Waals surface area contributed by atoms with Crippen LogP contribution in [0.2, 0.25) is 0 Å². The van der Waals surface area contributed by atoms with E-state index in [2.05, 4.69) is 44.1 Å². The smallest absolute Gasteiger partial charge is 0.408 e. The first-order valence-electron chi connectivity index (χ1n) is 24.8. The summed E-state index contributed by atoms with van der Waals surface area (Å²) in [6.07, 6.45) is 5.63. The van der Waals surface area contributed by atoms with Crippen LogP contribution in [0.1, 0.15) is 164 Å². The standard InChI is InChI=1S/C53H81N7O9/c1-13-14-15-16-17-18-27-41(45(63)55-43(31-34(4)5)46(64)58-51(7,8)47(65)57-42(30-33(2)3)44(62)54-29-28-35(6)61)56-48(66)52(9,10)59-49(67)53(11,12)60-50(68)69-32-40-38-25-21-19-23-36(38)37-24-20-22-26-39(37)40/h19-26,33-34,40-43H,13-18,27-32H2,1-12H3,(H,54,62)(H,55,63)(H,56,66)(H,57,65)(H,58,64)(H,59,67)(H,60,68)/t41-,42-,43-/m0/s1. The average molecular weight is 960 g/mol. The van der Waals surface area contributed by atoms with Crippen LogP contribution < -0.4 is 37.2 Å². The van der Waals surface area contributed by atoms with E-state index in [4.69, 9.17) is 4.74 Å². The Morgan fingerprint density at radius 3 is 1.58 bits per heavy atom. The number of ether oxygens (including phenoxy) is 1. The highest BCUT2D eigenvalue weighted by Gasteiger charge is 2.40. The molecule has 0 fully saturated rings. The van der Waals surface area contributed by atoms with Crippen molar-refractivity contribution in [2.24, 2.45) is 11.8 Å². The summed E-state index contributed by atoms with van der Waals surface area (Å²) in [6, 6.07) is 12.8. The molecule has 0 radical (unpaired) electrons. The second kappa shape index (κ2) is 26.3. The van der Waals surface area contributed by atoms with Gasteiger partial charge in [-0.2, -0.15) is 0 Å². The van der Waals surface area contributed by atoms with E-state index in [9.17, 15) is 38.4 Å². The molecule has 0 heterocycles. The molecule has 0 aromatic heterocycles. The number of rotatable bonds is 28. The molecule has 69 heavy (non-hydrogen) atoms. The number of unbranched alkanes of at least 4 members (excludes halogenated alkanes) is 5. The third-order valence-corrected chi connectivity index (χ3v) is 12.2. The van der Waals surface area contributed by atoms with Crippen molar-refractivity contribution in [2.75, 3.05) is 13.2 Å². The monoisotopic (exact) mass is 960 g/mol. The maximum Gasteiger partial charge on any atom is 0.408 e. The highest BCUT2D eigenvalue weighted by Crippen LogP contribution is 2.44. The number of amides is 7. The zero-order chi connectivity index (χ0) is 51.7. The minimum Gasteiger partial charge on any atom is -0.449 e.